The molecule has 1 aromatic rings. The van der Waals surface area contributed by atoms with Gasteiger partial charge < -0.3 is 5.32 Å². The third-order valence-electron chi connectivity index (χ3n) is 1.71. The largest absolute Gasteiger partial charge is 0.388 e. The maximum Gasteiger partial charge on any atom is 0.0384 e. The van der Waals surface area contributed by atoms with Crippen LogP contribution in [0.5, 0.6) is 0 Å². The summed E-state index contributed by atoms with van der Waals surface area (Å²) in [4.78, 5) is 0. The summed E-state index contributed by atoms with van der Waals surface area (Å²) in [5.41, 5.74) is 2.43. The first-order chi connectivity index (χ1) is 5.77. The van der Waals surface area contributed by atoms with Crippen molar-refractivity contribution in [3.8, 4) is 0 Å². The summed E-state index contributed by atoms with van der Waals surface area (Å²) >= 11 is 3.42. The highest BCUT2D eigenvalue weighted by atomic mass is 79.9. The lowest BCUT2D eigenvalue weighted by molar-refractivity contribution is 1.26. The minimum Gasteiger partial charge on any atom is -0.388 e. The van der Waals surface area contributed by atoms with Crippen LogP contribution in [0.1, 0.15) is 5.56 Å². The van der Waals surface area contributed by atoms with Crippen molar-refractivity contribution < 1.29 is 0 Å². The molecule has 0 saturated heterocycles. The molecule has 0 aromatic heterocycles. The highest BCUT2D eigenvalue weighted by Crippen LogP contribution is 2.21. The van der Waals surface area contributed by atoms with Gasteiger partial charge in [-0.3, -0.25) is 0 Å². The minimum absolute atomic E-state index is 0.906. The van der Waals surface area contributed by atoms with E-state index < -0.39 is 0 Å². The molecule has 0 fully saturated rings. The van der Waals surface area contributed by atoms with Crippen LogP contribution in [0, 0.1) is 0 Å². The Morgan fingerprint density at radius 2 is 2.33 bits per heavy atom. The van der Waals surface area contributed by atoms with Crippen LogP contribution in [0.4, 0.5) is 5.69 Å². The van der Waals surface area contributed by atoms with Crippen LogP contribution in [0.15, 0.2) is 35.3 Å². The molecule has 0 spiro atoms. The van der Waals surface area contributed by atoms with Crippen molar-refractivity contribution in [1.29, 1.82) is 0 Å². The van der Waals surface area contributed by atoms with Gasteiger partial charge in [-0.05, 0) is 24.1 Å². The molecule has 1 aromatic carbocycles. The van der Waals surface area contributed by atoms with Gasteiger partial charge in [0.15, 0.2) is 0 Å². The topological polar surface area (TPSA) is 12.0 Å². The Labute approximate surface area is 81.6 Å². The van der Waals surface area contributed by atoms with Gasteiger partial charge in [0, 0.05) is 17.2 Å². The minimum atomic E-state index is 0.906. The van der Waals surface area contributed by atoms with Crippen molar-refractivity contribution in [3.05, 3.63) is 40.9 Å². The van der Waals surface area contributed by atoms with Gasteiger partial charge in [-0.2, -0.15) is 0 Å². The Balaban J connectivity index is 3.01. The van der Waals surface area contributed by atoms with Crippen LogP contribution in [0.2, 0.25) is 0 Å². The maximum atomic E-state index is 3.71. The first-order valence-corrected chi connectivity index (χ1v) is 4.64. The molecule has 0 aliphatic carbocycles. The van der Waals surface area contributed by atoms with Crippen LogP contribution in [0.25, 0.3) is 0 Å². The molecule has 0 bridgehead atoms. The van der Waals surface area contributed by atoms with Gasteiger partial charge >= 0.3 is 0 Å². The zero-order chi connectivity index (χ0) is 8.97. The smallest absolute Gasteiger partial charge is 0.0384 e. The molecule has 12 heavy (non-hydrogen) atoms. The van der Waals surface area contributed by atoms with Gasteiger partial charge in [0.1, 0.15) is 0 Å². The third-order valence-corrected chi connectivity index (χ3v) is 2.20. The number of halogens is 1. The Hall–Kier alpha value is -0.760. The summed E-state index contributed by atoms with van der Waals surface area (Å²) in [6, 6.07) is 6.20. The van der Waals surface area contributed by atoms with Crippen LogP contribution >= 0.6 is 15.9 Å². The van der Waals surface area contributed by atoms with Crippen molar-refractivity contribution >= 4 is 21.6 Å². The van der Waals surface area contributed by atoms with E-state index in [1.165, 1.54) is 5.56 Å². The predicted octanol–water partition coefficient (Wildman–Crippen LogP) is 3.22. The molecule has 0 unspecified atom stereocenters. The van der Waals surface area contributed by atoms with Gasteiger partial charge in [-0.15, -0.1) is 6.58 Å². The number of allylic oxidation sites excluding steroid dienone is 1. The zero-order valence-electron chi connectivity index (χ0n) is 7.10. The molecule has 0 aliphatic heterocycles. The summed E-state index contributed by atoms with van der Waals surface area (Å²) < 4.78 is 1.10. The second-order valence-corrected chi connectivity index (χ2v) is 3.46. The van der Waals surface area contributed by atoms with Crippen LogP contribution in [0.3, 0.4) is 0 Å². The van der Waals surface area contributed by atoms with Crippen molar-refractivity contribution in [2.45, 2.75) is 6.42 Å². The van der Waals surface area contributed by atoms with Gasteiger partial charge in [-0.1, -0.05) is 28.1 Å². The zero-order valence-corrected chi connectivity index (χ0v) is 8.69. The summed E-state index contributed by atoms with van der Waals surface area (Å²) in [5.74, 6) is 0. The molecule has 0 heterocycles. The van der Waals surface area contributed by atoms with Crippen molar-refractivity contribution in [1.82, 2.24) is 0 Å². The summed E-state index contributed by atoms with van der Waals surface area (Å²) in [5, 5.41) is 3.14. The molecule has 0 atom stereocenters. The van der Waals surface area contributed by atoms with Gasteiger partial charge in [-0.25, -0.2) is 0 Å². The molecule has 0 radical (unpaired) electrons. The Morgan fingerprint density at radius 3 is 2.92 bits per heavy atom. The Kier molecular flexibility index (Phi) is 3.35. The average molecular weight is 226 g/mol. The van der Waals surface area contributed by atoms with E-state index in [1.54, 1.807) is 0 Å². The molecule has 1 N–H and O–H groups in total. The highest BCUT2D eigenvalue weighted by Gasteiger charge is 1.98. The maximum absolute atomic E-state index is 3.71. The van der Waals surface area contributed by atoms with E-state index in [-0.39, 0.29) is 0 Å². The van der Waals surface area contributed by atoms with Crippen LogP contribution < -0.4 is 5.32 Å². The van der Waals surface area contributed by atoms with Crippen LogP contribution in [-0.2, 0) is 6.42 Å². The van der Waals surface area contributed by atoms with Crippen molar-refractivity contribution in [3.63, 3.8) is 0 Å². The quantitative estimate of drug-likeness (QED) is 0.780. The number of rotatable bonds is 3. The lowest BCUT2D eigenvalue weighted by atomic mass is 10.1. The number of hydrogen-bond acceptors (Lipinski definition) is 1. The van der Waals surface area contributed by atoms with E-state index in [4.69, 9.17) is 0 Å². The first-order valence-electron chi connectivity index (χ1n) is 3.85. The molecule has 64 valence electrons. The van der Waals surface area contributed by atoms with E-state index in [0.29, 0.717) is 0 Å². The standard InChI is InChI=1S/C10H12BrN/c1-3-4-8-5-6-9(11)7-10(8)12-2/h3,5-7,12H,1,4H2,2H3. The molecule has 1 rings (SSSR count). The second kappa shape index (κ2) is 4.31. The van der Waals surface area contributed by atoms with Gasteiger partial charge in [0.05, 0.1) is 0 Å². The molecule has 2 heteroatoms. The summed E-state index contributed by atoms with van der Waals surface area (Å²) in [6.07, 6.45) is 2.81. The first kappa shape index (κ1) is 9.33. The highest BCUT2D eigenvalue weighted by molar-refractivity contribution is 9.10. The van der Waals surface area contributed by atoms with Crippen LogP contribution in [-0.4, -0.2) is 7.05 Å². The van der Waals surface area contributed by atoms with E-state index in [2.05, 4.69) is 40.0 Å². The number of nitrogens with one attached hydrogen (secondary N) is 1. The molecular formula is C10H12BrN. The SMILES string of the molecule is C=CCc1ccc(Br)cc1NC. The monoisotopic (exact) mass is 225 g/mol. The molecule has 0 amide bonds. The fourth-order valence-corrected chi connectivity index (χ4v) is 1.48. The molecular weight excluding hydrogens is 214 g/mol. The Morgan fingerprint density at radius 1 is 1.58 bits per heavy atom. The van der Waals surface area contributed by atoms with E-state index in [0.717, 1.165) is 16.6 Å². The second-order valence-electron chi connectivity index (χ2n) is 2.54. The predicted molar refractivity (Wildman–Crippen MR) is 57.6 cm³/mol. The number of anilines is 1. The lowest BCUT2D eigenvalue weighted by Crippen LogP contribution is -1.93. The normalized spacial score (nSPS) is 9.50. The van der Waals surface area contributed by atoms with Crippen molar-refractivity contribution in [2.75, 3.05) is 12.4 Å². The molecule has 1 nitrogen and oxygen atoms in total. The Bertz CT molecular complexity index is 281. The van der Waals surface area contributed by atoms with E-state index in [1.807, 2.05) is 19.2 Å². The summed E-state index contributed by atoms with van der Waals surface area (Å²) in [6.45, 7) is 3.71. The number of hydrogen-bond donors (Lipinski definition) is 1. The lowest BCUT2D eigenvalue weighted by Gasteiger charge is -2.06. The summed E-state index contributed by atoms with van der Waals surface area (Å²) in [7, 11) is 1.92. The fourth-order valence-electron chi connectivity index (χ4n) is 1.11. The van der Waals surface area contributed by atoms with Gasteiger partial charge in [0.25, 0.3) is 0 Å². The molecule has 0 aliphatic rings. The van der Waals surface area contributed by atoms with E-state index in [9.17, 15) is 0 Å². The van der Waals surface area contributed by atoms with Crippen molar-refractivity contribution in [2.24, 2.45) is 0 Å². The average Bonchev–Trinajstić information content (AvgIpc) is 2.08. The number of benzene rings is 1. The molecule has 0 saturated carbocycles. The fraction of sp³-hybridized carbons (Fsp3) is 0.200. The van der Waals surface area contributed by atoms with Gasteiger partial charge in [0.2, 0.25) is 0 Å². The third kappa shape index (κ3) is 2.11. The van der Waals surface area contributed by atoms with E-state index >= 15 is 0 Å².